The third kappa shape index (κ3) is 4.62. The summed E-state index contributed by atoms with van der Waals surface area (Å²) in [5, 5.41) is 2.80. The fourth-order valence-electron chi connectivity index (χ4n) is 3.72. The Hall–Kier alpha value is -3.33. The molecule has 3 nitrogen and oxygen atoms in total. The van der Waals surface area contributed by atoms with Gasteiger partial charge >= 0.3 is 0 Å². The molecule has 0 unspecified atom stereocenters. The van der Waals surface area contributed by atoms with E-state index in [2.05, 4.69) is 67.7 Å². The summed E-state index contributed by atoms with van der Waals surface area (Å²) in [5.41, 5.74) is 9.87. The molecule has 3 aromatic rings. The Morgan fingerprint density at radius 3 is 2.17 bits per heavy atom. The average molecular weight is 400 g/mol. The normalized spacial score (nSPS) is 11.6. The molecular formula is C27H29NO2. The first-order chi connectivity index (χ1) is 14.4. The third-order valence-corrected chi connectivity index (χ3v) is 5.53. The summed E-state index contributed by atoms with van der Waals surface area (Å²) in [6, 6.07) is 21.0. The molecule has 0 spiro atoms. The number of anilines is 1. The lowest BCUT2D eigenvalue weighted by Crippen LogP contribution is -2.07. The van der Waals surface area contributed by atoms with E-state index in [0.29, 0.717) is 6.61 Å². The summed E-state index contributed by atoms with van der Waals surface area (Å²) in [6.07, 6.45) is 0.718. The number of carbonyl (C=O) groups is 1. The summed E-state index contributed by atoms with van der Waals surface area (Å²) in [5.74, 6) is 0.845. The largest absolute Gasteiger partial charge is 0.489 e. The first-order valence-corrected chi connectivity index (χ1v) is 10.2. The lowest BCUT2D eigenvalue weighted by Gasteiger charge is -2.18. The molecule has 0 aliphatic heterocycles. The van der Waals surface area contributed by atoms with Crippen LogP contribution in [0, 0.1) is 27.7 Å². The first kappa shape index (κ1) is 21.4. The van der Waals surface area contributed by atoms with Crippen LogP contribution in [0.1, 0.15) is 40.3 Å². The maximum Gasteiger partial charge on any atom is 0.211 e. The van der Waals surface area contributed by atoms with Gasteiger partial charge in [0.1, 0.15) is 12.4 Å². The number of nitrogens with one attached hydrogen (secondary N) is 1. The van der Waals surface area contributed by atoms with Crippen LogP contribution in [-0.4, -0.2) is 13.0 Å². The highest BCUT2D eigenvalue weighted by molar-refractivity contribution is 5.82. The van der Waals surface area contributed by atoms with Gasteiger partial charge in [0.15, 0.2) is 0 Å². The lowest BCUT2D eigenvalue weighted by molar-refractivity contribution is -0.105. The van der Waals surface area contributed by atoms with Crippen molar-refractivity contribution in [3.8, 4) is 5.75 Å². The number of benzene rings is 3. The first-order valence-electron chi connectivity index (χ1n) is 10.2. The molecule has 0 aliphatic rings. The quantitative estimate of drug-likeness (QED) is 0.468. The SMILES string of the molecule is CC(COc1cc(C)c(NC=O)c(C)c1C)=C(c1ccccc1)c1ccc(C)cc1. The molecule has 154 valence electrons. The second kappa shape index (κ2) is 9.45. The molecule has 0 bridgehead atoms. The molecule has 0 fully saturated rings. The molecule has 0 saturated carbocycles. The van der Waals surface area contributed by atoms with Gasteiger partial charge in [-0.2, -0.15) is 0 Å². The molecule has 1 N–H and O–H groups in total. The highest BCUT2D eigenvalue weighted by Gasteiger charge is 2.13. The Morgan fingerprint density at radius 2 is 1.53 bits per heavy atom. The van der Waals surface area contributed by atoms with Crippen LogP contribution in [0.15, 0.2) is 66.2 Å². The van der Waals surface area contributed by atoms with Crippen molar-refractivity contribution >= 4 is 17.7 Å². The minimum Gasteiger partial charge on any atom is -0.489 e. The van der Waals surface area contributed by atoms with Gasteiger partial charge in [-0.25, -0.2) is 0 Å². The summed E-state index contributed by atoms with van der Waals surface area (Å²) >= 11 is 0. The fraction of sp³-hybridized carbons (Fsp3) is 0.222. The Kier molecular flexibility index (Phi) is 6.73. The second-order valence-electron chi connectivity index (χ2n) is 7.75. The Labute approximate surface area is 179 Å². The van der Waals surface area contributed by atoms with Crippen molar-refractivity contribution in [1.29, 1.82) is 0 Å². The van der Waals surface area contributed by atoms with Crippen molar-refractivity contribution in [2.24, 2.45) is 0 Å². The zero-order valence-electron chi connectivity index (χ0n) is 18.4. The van der Waals surface area contributed by atoms with Crippen LogP contribution in [0.5, 0.6) is 5.75 Å². The number of rotatable bonds is 7. The molecule has 30 heavy (non-hydrogen) atoms. The van der Waals surface area contributed by atoms with Gasteiger partial charge in [-0.15, -0.1) is 0 Å². The van der Waals surface area contributed by atoms with Crippen LogP contribution in [0.25, 0.3) is 5.57 Å². The summed E-state index contributed by atoms with van der Waals surface area (Å²) in [4.78, 5) is 10.9. The van der Waals surface area contributed by atoms with Gasteiger partial charge in [0.2, 0.25) is 6.41 Å². The van der Waals surface area contributed by atoms with E-state index in [0.717, 1.165) is 40.1 Å². The minimum absolute atomic E-state index is 0.484. The molecule has 3 rings (SSSR count). The summed E-state index contributed by atoms with van der Waals surface area (Å²) < 4.78 is 6.27. The van der Waals surface area contributed by atoms with Gasteiger partial charge < -0.3 is 10.1 Å². The lowest BCUT2D eigenvalue weighted by atomic mass is 9.93. The molecule has 3 heteroatoms. The maximum atomic E-state index is 10.9. The predicted octanol–water partition coefficient (Wildman–Crippen LogP) is 6.39. The van der Waals surface area contributed by atoms with Gasteiger partial charge in [0.25, 0.3) is 0 Å². The molecule has 1 amide bonds. The van der Waals surface area contributed by atoms with Crippen molar-refractivity contribution in [3.63, 3.8) is 0 Å². The van der Waals surface area contributed by atoms with Crippen LogP contribution in [0.3, 0.4) is 0 Å². The van der Waals surface area contributed by atoms with Crippen molar-refractivity contribution in [2.45, 2.75) is 34.6 Å². The Bertz CT molecular complexity index is 1060. The fourth-order valence-corrected chi connectivity index (χ4v) is 3.72. The second-order valence-corrected chi connectivity index (χ2v) is 7.75. The highest BCUT2D eigenvalue weighted by Crippen LogP contribution is 2.32. The van der Waals surface area contributed by atoms with Crippen LogP contribution in [0.2, 0.25) is 0 Å². The van der Waals surface area contributed by atoms with E-state index in [1.54, 1.807) is 0 Å². The van der Waals surface area contributed by atoms with Gasteiger partial charge in [0.05, 0.1) is 0 Å². The van der Waals surface area contributed by atoms with Gasteiger partial charge in [-0.05, 0) is 79.6 Å². The standard InChI is InChI=1S/C27H29NO2/c1-18-11-13-24(14-12-18)26(23-9-7-6-8-10-23)20(3)16-30-25-15-19(2)27(28-17-29)22(5)21(25)4/h6-15,17H,16H2,1-5H3,(H,28,29). The molecule has 0 saturated heterocycles. The van der Waals surface area contributed by atoms with E-state index in [1.165, 1.54) is 22.3 Å². The van der Waals surface area contributed by atoms with E-state index >= 15 is 0 Å². The number of ether oxygens (including phenoxy) is 1. The van der Waals surface area contributed by atoms with Crippen molar-refractivity contribution in [2.75, 3.05) is 11.9 Å². The maximum absolute atomic E-state index is 10.9. The molecule has 0 aliphatic carbocycles. The predicted molar refractivity (Wildman–Crippen MR) is 125 cm³/mol. The monoisotopic (exact) mass is 399 g/mol. The van der Waals surface area contributed by atoms with Crippen molar-refractivity contribution in [3.05, 3.63) is 99.6 Å². The average Bonchev–Trinajstić information content (AvgIpc) is 2.75. The van der Waals surface area contributed by atoms with Crippen molar-refractivity contribution < 1.29 is 9.53 Å². The number of aryl methyl sites for hydroxylation is 2. The molecule has 0 heterocycles. The minimum atomic E-state index is 0.484. The smallest absolute Gasteiger partial charge is 0.211 e. The van der Waals surface area contributed by atoms with Crippen molar-refractivity contribution in [1.82, 2.24) is 0 Å². The van der Waals surface area contributed by atoms with Gasteiger partial charge in [-0.1, -0.05) is 60.2 Å². The van der Waals surface area contributed by atoms with E-state index in [1.807, 2.05) is 32.9 Å². The van der Waals surface area contributed by atoms with Gasteiger partial charge in [0, 0.05) is 5.69 Å². The number of hydrogen-bond acceptors (Lipinski definition) is 2. The highest BCUT2D eigenvalue weighted by atomic mass is 16.5. The number of amides is 1. The zero-order chi connectivity index (χ0) is 21.7. The summed E-state index contributed by atoms with van der Waals surface area (Å²) in [7, 11) is 0. The van der Waals surface area contributed by atoms with E-state index in [4.69, 9.17) is 4.74 Å². The molecule has 0 aromatic heterocycles. The van der Waals surface area contributed by atoms with E-state index in [9.17, 15) is 4.79 Å². The number of hydrogen-bond donors (Lipinski definition) is 1. The van der Waals surface area contributed by atoms with Crippen LogP contribution in [0.4, 0.5) is 5.69 Å². The number of carbonyl (C=O) groups excluding carboxylic acids is 1. The molecular weight excluding hydrogens is 370 g/mol. The summed E-state index contributed by atoms with van der Waals surface area (Å²) in [6.45, 7) is 10.7. The van der Waals surface area contributed by atoms with Crippen LogP contribution < -0.4 is 10.1 Å². The molecule has 0 atom stereocenters. The van der Waals surface area contributed by atoms with Crippen LogP contribution >= 0.6 is 0 Å². The van der Waals surface area contributed by atoms with E-state index in [-0.39, 0.29) is 0 Å². The Balaban J connectivity index is 1.97. The Morgan fingerprint density at radius 1 is 0.900 bits per heavy atom. The molecule has 0 radical (unpaired) electrons. The van der Waals surface area contributed by atoms with E-state index < -0.39 is 0 Å². The zero-order valence-corrected chi connectivity index (χ0v) is 18.4. The van der Waals surface area contributed by atoms with Gasteiger partial charge in [-0.3, -0.25) is 4.79 Å². The van der Waals surface area contributed by atoms with Crippen LogP contribution in [-0.2, 0) is 4.79 Å². The molecule has 3 aromatic carbocycles. The topological polar surface area (TPSA) is 38.3 Å². The third-order valence-electron chi connectivity index (χ3n) is 5.53.